The van der Waals surface area contributed by atoms with Crippen LogP contribution < -0.4 is 16.0 Å². The summed E-state index contributed by atoms with van der Waals surface area (Å²) in [6, 6.07) is 32.5. The molecule has 0 bridgehead atoms. The first-order valence-electron chi connectivity index (χ1n) is 11.7. The molecule has 6 nitrogen and oxygen atoms in total. The molecule has 0 saturated heterocycles. The molecule has 4 aromatic carbocycles. The third-order valence-corrected chi connectivity index (χ3v) is 6.75. The summed E-state index contributed by atoms with van der Waals surface area (Å²) in [6.07, 6.45) is 1.63. The Morgan fingerprint density at radius 2 is 1.42 bits per heavy atom. The summed E-state index contributed by atoms with van der Waals surface area (Å²) in [5.41, 5.74) is 2.58. The van der Waals surface area contributed by atoms with Crippen molar-refractivity contribution >= 4 is 62.9 Å². The Labute approximate surface area is 233 Å². The van der Waals surface area contributed by atoms with E-state index in [0.29, 0.717) is 11.3 Å². The minimum atomic E-state index is -0.465. The monoisotopic (exact) mass is 585 g/mol. The third-order valence-electron chi connectivity index (χ3n) is 5.23. The van der Waals surface area contributed by atoms with Gasteiger partial charge < -0.3 is 16.0 Å². The second kappa shape index (κ2) is 13.4. The third kappa shape index (κ3) is 8.19. The molecule has 0 aliphatic heterocycles. The molecular formula is C30H24BrN3O3S. The molecule has 190 valence electrons. The zero-order valence-corrected chi connectivity index (χ0v) is 22.6. The summed E-state index contributed by atoms with van der Waals surface area (Å²) in [5, 5.41) is 8.44. The van der Waals surface area contributed by atoms with E-state index in [-0.39, 0.29) is 23.3 Å². The van der Waals surface area contributed by atoms with Crippen molar-refractivity contribution in [3.8, 4) is 0 Å². The first-order chi connectivity index (χ1) is 18.5. The summed E-state index contributed by atoms with van der Waals surface area (Å²) in [4.78, 5) is 39.2. The largest absolute Gasteiger partial charge is 0.325 e. The average Bonchev–Trinajstić information content (AvgIpc) is 2.94. The zero-order chi connectivity index (χ0) is 26.7. The number of rotatable bonds is 9. The molecule has 0 radical (unpaired) electrons. The highest BCUT2D eigenvalue weighted by atomic mass is 79.9. The second-order valence-electron chi connectivity index (χ2n) is 8.11. The SMILES string of the molecule is O=C(CSc1cccc(NC(=O)/C(=C/c2ccccc2)NC(=O)c2ccccc2)c1)Nc1ccc(Br)cc1. The van der Waals surface area contributed by atoms with Crippen LogP contribution in [0.2, 0.25) is 0 Å². The van der Waals surface area contributed by atoms with Gasteiger partial charge in [-0.25, -0.2) is 0 Å². The van der Waals surface area contributed by atoms with Gasteiger partial charge in [0, 0.05) is 26.3 Å². The summed E-state index contributed by atoms with van der Waals surface area (Å²) in [6.45, 7) is 0. The van der Waals surface area contributed by atoms with Crippen molar-refractivity contribution in [1.82, 2.24) is 5.32 Å². The molecule has 8 heteroatoms. The fourth-order valence-electron chi connectivity index (χ4n) is 3.40. The predicted molar refractivity (Wildman–Crippen MR) is 157 cm³/mol. The molecule has 0 unspecified atom stereocenters. The highest BCUT2D eigenvalue weighted by Crippen LogP contribution is 2.23. The summed E-state index contributed by atoms with van der Waals surface area (Å²) in [5.74, 6) is -0.777. The lowest BCUT2D eigenvalue weighted by Gasteiger charge is -2.12. The number of amides is 3. The highest BCUT2D eigenvalue weighted by molar-refractivity contribution is 9.10. The minimum Gasteiger partial charge on any atom is -0.325 e. The number of carbonyl (C=O) groups excluding carboxylic acids is 3. The van der Waals surface area contributed by atoms with Crippen LogP contribution in [0.1, 0.15) is 15.9 Å². The predicted octanol–water partition coefficient (Wildman–Crippen LogP) is 6.59. The van der Waals surface area contributed by atoms with Gasteiger partial charge in [0.05, 0.1) is 5.75 Å². The Kier molecular flexibility index (Phi) is 9.50. The smallest absolute Gasteiger partial charge is 0.272 e. The Hall–Kier alpha value is -4.14. The standard InChI is InChI=1S/C30H24BrN3O3S/c31-23-14-16-24(17-15-23)32-28(35)20-38-26-13-7-12-25(19-26)33-30(37)27(18-21-8-3-1-4-9-21)34-29(36)22-10-5-2-6-11-22/h1-19H,20H2,(H,32,35)(H,33,37)(H,34,36)/b27-18-. The molecule has 0 fully saturated rings. The van der Waals surface area contributed by atoms with Gasteiger partial charge in [-0.3, -0.25) is 14.4 Å². The number of nitrogens with one attached hydrogen (secondary N) is 3. The molecule has 0 aliphatic rings. The van der Waals surface area contributed by atoms with Crippen LogP contribution in [0.3, 0.4) is 0 Å². The quantitative estimate of drug-likeness (QED) is 0.153. The van der Waals surface area contributed by atoms with E-state index >= 15 is 0 Å². The van der Waals surface area contributed by atoms with E-state index in [2.05, 4.69) is 31.9 Å². The summed E-state index contributed by atoms with van der Waals surface area (Å²) < 4.78 is 0.935. The van der Waals surface area contributed by atoms with Crippen LogP contribution in [0.15, 0.2) is 124 Å². The van der Waals surface area contributed by atoms with Crippen LogP contribution in [0.5, 0.6) is 0 Å². The van der Waals surface area contributed by atoms with Crippen LogP contribution in [0.4, 0.5) is 11.4 Å². The number of benzene rings is 4. The van der Waals surface area contributed by atoms with E-state index < -0.39 is 5.91 Å². The molecule has 0 spiro atoms. The van der Waals surface area contributed by atoms with Crippen LogP contribution >= 0.6 is 27.7 Å². The van der Waals surface area contributed by atoms with Gasteiger partial charge in [0.15, 0.2) is 0 Å². The van der Waals surface area contributed by atoms with Crippen LogP contribution in [0, 0.1) is 0 Å². The molecule has 0 heterocycles. The molecule has 4 rings (SSSR count). The van der Waals surface area contributed by atoms with Gasteiger partial charge in [-0.05, 0) is 66.2 Å². The number of halogens is 1. The Morgan fingerprint density at radius 1 is 0.737 bits per heavy atom. The second-order valence-corrected chi connectivity index (χ2v) is 10.1. The first kappa shape index (κ1) is 26.9. The van der Waals surface area contributed by atoms with E-state index in [0.717, 1.165) is 20.6 Å². The van der Waals surface area contributed by atoms with Crippen molar-refractivity contribution in [1.29, 1.82) is 0 Å². The lowest BCUT2D eigenvalue weighted by Crippen LogP contribution is -2.30. The van der Waals surface area contributed by atoms with Crippen molar-refractivity contribution in [2.24, 2.45) is 0 Å². The topological polar surface area (TPSA) is 87.3 Å². The molecular weight excluding hydrogens is 562 g/mol. The van der Waals surface area contributed by atoms with Crippen molar-refractivity contribution < 1.29 is 14.4 Å². The lowest BCUT2D eigenvalue weighted by molar-refractivity contribution is -0.114. The Morgan fingerprint density at radius 3 is 2.13 bits per heavy atom. The normalized spacial score (nSPS) is 10.9. The molecule has 38 heavy (non-hydrogen) atoms. The Balaban J connectivity index is 1.42. The van der Waals surface area contributed by atoms with E-state index in [1.165, 1.54) is 11.8 Å². The van der Waals surface area contributed by atoms with Gasteiger partial charge in [0.2, 0.25) is 5.91 Å². The maximum Gasteiger partial charge on any atom is 0.272 e. The zero-order valence-electron chi connectivity index (χ0n) is 20.2. The van der Waals surface area contributed by atoms with Crippen molar-refractivity contribution in [2.75, 3.05) is 16.4 Å². The van der Waals surface area contributed by atoms with E-state index in [4.69, 9.17) is 0 Å². The Bertz CT molecular complexity index is 1440. The van der Waals surface area contributed by atoms with Gasteiger partial charge in [0.25, 0.3) is 11.8 Å². The maximum absolute atomic E-state index is 13.2. The van der Waals surface area contributed by atoms with Crippen LogP contribution in [-0.2, 0) is 9.59 Å². The first-order valence-corrected chi connectivity index (χ1v) is 13.5. The fraction of sp³-hybridized carbons (Fsp3) is 0.0333. The molecule has 4 aromatic rings. The van der Waals surface area contributed by atoms with E-state index in [9.17, 15) is 14.4 Å². The number of hydrogen-bond acceptors (Lipinski definition) is 4. The molecule has 0 saturated carbocycles. The minimum absolute atomic E-state index is 0.108. The number of hydrogen-bond donors (Lipinski definition) is 3. The highest BCUT2D eigenvalue weighted by Gasteiger charge is 2.15. The molecule has 0 atom stereocenters. The molecule has 0 aliphatic carbocycles. The fourth-order valence-corrected chi connectivity index (χ4v) is 4.42. The maximum atomic E-state index is 13.2. The van der Waals surface area contributed by atoms with E-state index in [1.807, 2.05) is 66.7 Å². The van der Waals surface area contributed by atoms with Crippen molar-refractivity contribution in [2.45, 2.75) is 4.90 Å². The summed E-state index contributed by atoms with van der Waals surface area (Å²) >= 11 is 4.73. The number of carbonyl (C=O) groups is 3. The molecule has 3 amide bonds. The van der Waals surface area contributed by atoms with Crippen LogP contribution in [0.25, 0.3) is 6.08 Å². The molecule has 0 aromatic heterocycles. The molecule has 3 N–H and O–H groups in total. The van der Waals surface area contributed by atoms with E-state index in [1.54, 1.807) is 48.5 Å². The van der Waals surface area contributed by atoms with Gasteiger partial charge in [-0.15, -0.1) is 11.8 Å². The van der Waals surface area contributed by atoms with Gasteiger partial charge in [0.1, 0.15) is 5.70 Å². The number of anilines is 2. The van der Waals surface area contributed by atoms with Gasteiger partial charge in [-0.1, -0.05) is 70.5 Å². The average molecular weight is 587 g/mol. The van der Waals surface area contributed by atoms with Crippen molar-refractivity contribution in [3.05, 3.63) is 130 Å². The van der Waals surface area contributed by atoms with Crippen LogP contribution in [-0.4, -0.2) is 23.5 Å². The van der Waals surface area contributed by atoms with Gasteiger partial charge in [-0.2, -0.15) is 0 Å². The number of thioether (sulfide) groups is 1. The summed E-state index contributed by atoms with van der Waals surface area (Å²) in [7, 11) is 0. The van der Waals surface area contributed by atoms with Gasteiger partial charge >= 0.3 is 0 Å². The van der Waals surface area contributed by atoms with Crippen molar-refractivity contribution in [3.63, 3.8) is 0 Å². The lowest BCUT2D eigenvalue weighted by atomic mass is 10.1.